The second-order valence-electron chi connectivity index (χ2n) is 4.18. The number of hydrogen-bond acceptors (Lipinski definition) is 4. The van der Waals surface area contributed by atoms with Crippen LogP contribution in [0.15, 0.2) is 47.4 Å². The van der Waals surface area contributed by atoms with E-state index in [-0.39, 0.29) is 17.1 Å². The molecule has 5 nitrogen and oxygen atoms in total. The molecule has 0 spiro atoms. The van der Waals surface area contributed by atoms with Crippen molar-refractivity contribution in [2.75, 3.05) is 17.1 Å². The van der Waals surface area contributed by atoms with Gasteiger partial charge in [-0.05, 0) is 30.3 Å². The van der Waals surface area contributed by atoms with Crippen LogP contribution in [0.1, 0.15) is 0 Å². The highest BCUT2D eigenvalue weighted by atomic mass is 32.2. The average Bonchev–Trinajstić information content (AvgIpc) is 2.37. The van der Waals surface area contributed by atoms with Crippen molar-refractivity contribution in [1.82, 2.24) is 0 Å². The lowest BCUT2D eigenvalue weighted by atomic mass is 10.3. The second kappa shape index (κ2) is 5.01. The third kappa shape index (κ3) is 2.53. The van der Waals surface area contributed by atoms with Crippen molar-refractivity contribution in [3.63, 3.8) is 0 Å². The minimum Gasteiger partial charge on any atom is -0.508 e. The van der Waals surface area contributed by atoms with Crippen LogP contribution in [0.5, 0.6) is 5.75 Å². The zero-order valence-electron chi connectivity index (χ0n) is 10.6. The number of hydrogen-bond donors (Lipinski definition) is 2. The van der Waals surface area contributed by atoms with Crippen LogP contribution in [0.25, 0.3) is 0 Å². The highest BCUT2D eigenvalue weighted by Crippen LogP contribution is 2.26. The number of nitrogens with zero attached hydrogens (tertiary/aromatic N) is 1. The van der Waals surface area contributed by atoms with Crippen LogP contribution in [0.4, 0.5) is 15.8 Å². The summed E-state index contributed by atoms with van der Waals surface area (Å²) in [4.78, 5) is -0.474. The number of halogens is 1. The first-order chi connectivity index (χ1) is 9.32. The van der Waals surface area contributed by atoms with Crippen molar-refractivity contribution in [3.8, 4) is 5.75 Å². The number of phenolic OH excluding ortho intramolecular Hbond substituents is 1. The van der Waals surface area contributed by atoms with Gasteiger partial charge < -0.3 is 10.8 Å². The summed E-state index contributed by atoms with van der Waals surface area (Å²) in [7, 11) is -2.79. The predicted octanol–water partition coefficient (Wildman–Crippen LogP) is 1.94. The Balaban J connectivity index is 2.49. The van der Waals surface area contributed by atoms with Crippen LogP contribution in [0, 0.1) is 5.82 Å². The maximum absolute atomic E-state index is 13.8. The number of anilines is 2. The molecule has 2 aromatic carbocycles. The normalized spacial score (nSPS) is 11.3. The summed E-state index contributed by atoms with van der Waals surface area (Å²) in [5.41, 5.74) is 5.76. The molecule has 0 amide bonds. The van der Waals surface area contributed by atoms with Gasteiger partial charge in [0, 0.05) is 18.8 Å². The third-order valence-electron chi connectivity index (χ3n) is 2.79. The molecule has 0 heterocycles. The Morgan fingerprint density at radius 2 is 1.90 bits per heavy atom. The maximum atomic E-state index is 13.8. The standard InChI is InChI=1S/C13H13FN2O3S/c1-16(10-3-2-4-11(17)8-10)20(18,19)13-6-5-9(15)7-12(13)14/h2-8,17H,15H2,1H3. The fourth-order valence-corrected chi connectivity index (χ4v) is 2.93. The van der Waals surface area contributed by atoms with Crippen molar-refractivity contribution in [2.45, 2.75) is 4.90 Å². The van der Waals surface area contributed by atoms with Gasteiger partial charge in [-0.3, -0.25) is 4.31 Å². The van der Waals surface area contributed by atoms with Gasteiger partial charge in [0.2, 0.25) is 0 Å². The van der Waals surface area contributed by atoms with Crippen molar-refractivity contribution in [3.05, 3.63) is 48.3 Å². The Bertz CT molecular complexity index is 747. The van der Waals surface area contributed by atoms with E-state index in [0.29, 0.717) is 0 Å². The molecule has 2 aromatic rings. The third-order valence-corrected chi connectivity index (χ3v) is 4.61. The summed E-state index contributed by atoms with van der Waals surface area (Å²) in [5, 5.41) is 9.38. The molecule has 0 fully saturated rings. The maximum Gasteiger partial charge on any atom is 0.266 e. The molecule has 2 rings (SSSR count). The number of nitrogens with two attached hydrogens (primary N) is 1. The number of phenols is 1. The molecule has 0 unspecified atom stereocenters. The lowest BCUT2D eigenvalue weighted by Crippen LogP contribution is -2.27. The lowest BCUT2D eigenvalue weighted by Gasteiger charge is -2.20. The van der Waals surface area contributed by atoms with Crippen LogP contribution in [0.2, 0.25) is 0 Å². The Morgan fingerprint density at radius 1 is 1.20 bits per heavy atom. The van der Waals surface area contributed by atoms with E-state index < -0.39 is 20.7 Å². The van der Waals surface area contributed by atoms with Gasteiger partial charge >= 0.3 is 0 Å². The monoisotopic (exact) mass is 296 g/mol. The van der Waals surface area contributed by atoms with Gasteiger partial charge in [-0.15, -0.1) is 0 Å². The Hall–Kier alpha value is -2.28. The molecule has 7 heteroatoms. The van der Waals surface area contributed by atoms with Crippen molar-refractivity contribution in [1.29, 1.82) is 0 Å². The summed E-state index contributed by atoms with van der Waals surface area (Å²) in [6, 6.07) is 9.04. The topological polar surface area (TPSA) is 83.6 Å². The molecule has 0 aromatic heterocycles. The highest BCUT2D eigenvalue weighted by Gasteiger charge is 2.25. The Labute approximate surface area is 116 Å². The molecule has 0 radical (unpaired) electrons. The van der Waals surface area contributed by atoms with Crippen molar-refractivity contribution in [2.24, 2.45) is 0 Å². The van der Waals surface area contributed by atoms with Gasteiger partial charge in [0.25, 0.3) is 10.0 Å². The minimum absolute atomic E-state index is 0.0812. The first kappa shape index (κ1) is 14.1. The number of sulfonamides is 1. The molecular formula is C13H13FN2O3S. The van der Waals surface area contributed by atoms with E-state index in [1.807, 2.05) is 0 Å². The molecule has 0 bridgehead atoms. The van der Waals surface area contributed by atoms with Gasteiger partial charge in [-0.2, -0.15) is 0 Å². The van der Waals surface area contributed by atoms with Gasteiger partial charge in [0.15, 0.2) is 0 Å². The molecule has 0 aliphatic rings. The minimum atomic E-state index is -4.06. The van der Waals surface area contributed by atoms with Crippen LogP contribution in [-0.4, -0.2) is 20.6 Å². The molecule has 0 aliphatic carbocycles. The highest BCUT2D eigenvalue weighted by molar-refractivity contribution is 7.92. The zero-order valence-corrected chi connectivity index (χ0v) is 11.4. The Kier molecular flexibility index (Phi) is 3.54. The van der Waals surface area contributed by atoms with E-state index >= 15 is 0 Å². The van der Waals surface area contributed by atoms with Crippen molar-refractivity contribution < 1.29 is 17.9 Å². The largest absolute Gasteiger partial charge is 0.508 e. The number of benzene rings is 2. The fourth-order valence-electron chi connectivity index (χ4n) is 1.70. The summed E-state index contributed by atoms with van der Waals surface area (Å²) < 4.78 is 39.3. The van der Waals surface area contributed by atoms with E-state index in [4.69, 9.17) is 5.73 Å². The SMILES string of the molecule is CN(c1cccc(O)c1)S(=O)(=O)c1ccc(N)cc1F. The van der Waals surface area contributed by atoms with E-state index in [1.54, 1.807) is 0 Å². The number of nitrogen functional groups attached to an aromatic ring is 1. The Morgan fingerprint density at radius 3 is 2.50 bits per heavy atom. The lowest BCUT2D eigenvalue weighted by molar-refractivity contribution is 0.475. The molecule has 0 saturated carbocycles. The van der Waals surface area contributed by atoms with Crippen LogP contribution < -0.4 is 10.0 Å². The first-order valence-electron chi connectivity index (χ1n) is 5.65. The molecular weight excluding hydrogens is 283 g/mol. The summed E-state index contributed by atoms with van der Waals surface area (Å²) in [5.74, 6) is -1.00. The molecule has 20 heavy (non-hydrogen) atoms. The predicted molar refractivity (Wildman–Crippen MR) is 74.5 cm³/mol. The fraction of sp³-hybridized carbons (Fsp3) is 0.0769. The van der Waals surface area contributed by atoms with Gasteiger partial charge in [0.1, 0.15) is 16.5 Å². The van der Waals surface area contributed by atoms with Gasteiger partial charge in [-0.25, -0.2) is 12.8 Å². The van der Waals surface area contributed by atoms with Crippen LogP contribution in [-0.2, 0) is 10.0 Å². The summed E-state index contributed by atoms with van der Waals surface area (Å²) >= 11 is 0. The number of aromatic hydroxyl groups is 1. The average molecular weight is 296 g/mol. The molecule has 0 atom stereocenters. The summed E-state index contributed by atoms with van der Waals surface area (Å²) in [6.45, 7) is 0. The molecule has 106 valence electrons. The van der Waals surface area contributed by atoms with Gasteiger partial charge in [0.05, 0.1) is 5.69 Å². The molecule has 3 N–H and O–H groups in total. The first-order valence-corrected chi connectivity index (χ1v) is 7.09. The summed E-state index contributed by atoms with van der Waals surface area (Å²) in [6.07, 6.45) is 0. The zero-order chi connectivity index (χ0) is 14.9. The second-order valence-corrected chi connectivity index (χ2v) is 6.12. The van der Waals surface area contributed by atoms with E-state index in [1.165, 1.54) is 37.4 Å². The molecule has 0 saturated heterocycles. The van der Waals surface area contributed by atoms with E-state index in [9.17, 15) is 17.9 Å². The quantitative estimate of drug-likeness (QED) is 0.848. The van der Waals surface area contributed by atoms with Crippen molar-refractivity contribution >= 4 is 21.4 Å². The van der Waals surface area contributed by atoms with Crippen LogP contribution >= 0.6 is 0 Å². The van der Waals surface area contributed by atoms with Gasteiger partial charge in [-0.1, -0.05) is 6.07 Å². The van der Waals surface area contributed by atoms with Crippen LogP contribution in [0.3, 0.4) is 0 Å². The molecule has 0 aliphatic heterocycles. The number of rotatable bonds is 3. The van der Waals surface area contributed by atoms with E-state index in [0.717, 1.165) is 16.4 Å². The van der Waals surface area contributed by atoms with E-state index in [2.05, 4.69) is 0 Å². The smallest absolute Gasteiger partial charge is 0.266 e.